The van der Waals surface area contributed by atoms with Crippen LogP contribution in [0.25, 0.3) is 0 Å². The van der Waals surface area contributed by atoms with Crippen molar-refractivity contribution < 1.29 is 4.79 Å². The van der Waals surface area contributed by atoms with Crippen LogP contribution in [0.15, 0.2) is 0 Å². The van der Waals surface area contributed by atoms with E-state index >= 15 is 0 Å². The van der Waals surface area contributed by atoms with Gasteiger partial charge in [0.25, 0.3) is 0 Å². The van der Waals surface area contributed by atoms with Crippen LogP contribution in [0.2, 0.25) is 0 Å². The largest absolute Gasteiger partial charge is 0.350 e. The summed E-state index contributed by atoms with van der Waals surface area (Å²) in [4.78, 5) is 14.5. The van der Waals surface area contributed by atoms with Gasteiger partial charge in [-0.2, -0.15) is 0 Å². The average molecular weight is 269 g/mol. The first-order chi connectivity index (χ1) is 8.74. The lowest BCUT2D eigenvalue weighted by molar-refractivity contribution is -0.127. The average Bonchev–Trinajstić information content (AvgIpc) is 2.35. The molecule has 1 aliphatic heterocycles. The van der Waals surface area contributed by atoms with Gasteiger partial charge in [-0.05, 0) is 73.5 Å². The van der Waals surface area contributed by atoms with Gasteiger partial charge >= 0.3 is 0 Å². The molecule has 0 spiro atoms. The van der Waals surface area contributed by atoms with E-state index in [0.29, 0.717) is 6.04 Å². The summed E-state index contributed by atoms with van der Waals surface area (Å²) < 4.78 is 0. The Morgan fingerprint density at radius 3 is 2.16 bits per heavy atom. The second-order valence-electron chi connectivity index (χ2n) is 6.87. The number of carbonyl (C=O) groups is 1. The molecule has 1 heterocycles. The van der Waals surface area contributed by atoms with E-state index in [-0.39, 0.29) is 17.5 Å². The molecule has 0 saturated carbocycles. The maximum Gasteiger partial charge on any atom is 0.237 e. The number of piperidine rings is 1. The Hall–Kier alpha value is -0.610. The number of nitrogens with zero attached hydrogens (tertiary/aromatic N) is 1. The number of nitrogens with one attached hydrogen (secondary N) is 2. The van der Waals surface area contributed by atoms with Crippen molar-refractivity contribution in [1.82, 2.24) is 15.5 Å². The standard InChI is InChI=1S/C15H31N3O/c1-11(16-6)13-7-9-18(10-8-13)12(2)14(19)17-15(3,4)5/h11-13,16H,7-10H2,1-6H3,(H,17,19). The molecule has 4 nitrogen and oxygen atoms in total. The Labute approximate surface area is 118 Å². The summed E-state index contributed by atoms with van der Waals surface area (Å²) in [5, 5.41) is 6.40. The highest BCUT2D eigenvalue weighted by molar-refractivity contribution is 5.81. The Kier molecular flexibility index (Phi) is 5.81. The van der Waals surface area contributed by atoms with Gasteiger partial charge in [-0.15, -0.1) is 0 Å². The molecular weight excluding hydrogens is 238 g/mol. The Bertz CT molecular complexity index is 290. The fourth-order valence-electron chi connectivity index (χ4n) is 2.68. The zero-order valence-electron chi connectivity index (χ0n) is 13.4. The molecule has 1 saturated heterocycles. The van der Waals surface area contributed by atoms with Gasteiger partial charge in [-0.25, -0.2) is 0 Å². The normalized spacial score (nSPS) is 22.0. The van der Waals surface area contributed by atoms with Crippen LogP contribution in [0.1, 0.15) is 47.5 Å². The summed E-state index contributed by atoms with van der Waals surface area (Å²) in [5.41, 5.74) is -0.149. The van der Waals surface area contributed by atoms with E-state index in [2.05, 4.69) is 22.5 Å². The minimum absolute atomic E-state index is 0.0231. The van der Waals surface area contributed by atoms with Gasteiger partial charge in [0, 0.05) is 11.6 Å². The smallest absolute Gasteiger partial charge is 0.237 e. The third-order valence-electron chi connectivity index (χ3n) is 4.16. The van der Waals surface area contributed by atoms with Gasteiger partial charge in [-0.3, -0.25) is 9.69 Å². The van der Waals surface area contributed by atoms with Crippen molar-refractivity contribution in [3.8, 4) is 0 Å². The molecule has 0 aromatic carbocycles. The molecule has 112 valence electrons. The molecular formula is C15H31N3O. The Balaban J connectivity index is 2.44. The van der Waals surface area contributed by atoms with Gasteiger partial charge in [0.2, 0.25) is 5.91 Å². The van der Waals surface area contributed by atoms with Crippen molar-refractivity contribution in [2.75, 3.05) is 20.1 Å². The van der Waals surface area contributed by atoms with Gasteiger partial charge in [0.05, 0.1) is 6.04 Å². The van der Waals surface area contributed by atoms with Crippen molar-refractivity contribution in [1.29, 1.82) is 0 Å². The number of rotatable bonds is 4. The fourth-order valence-corrected chi connectivity index (χ4v) is 2.68. The molecule has 1 amide bonds. The first-order valence-corrected chi connectivity index (χ1v) is 7.48. The van der Waals surface area contributed by atoms with Crippen LogP contribution in [0, 0.1) is 5.92 Å². The Morgan fingerprint density at radius 2 is 1.74 bits per heavy atom. The van der Waals surface area contributed by atoms with Crippen molar-refractivity contribution in [3.05, 3.63) is 0 Å². The maximum atomic E-state index is 12.2. The number of hydrogen-bond acceptors (Lipinski definition) is 3. The highest BCUT2D eigenvalue weighted by atomic mass is 16.2. The lowest BCUT2D eigenvalue weighted by Gasteiger charge is -2.38. The van der Waals surface area contributed by atoms with Crippen molar-refractivity contribution in [2.24, 2.45) is 5.92 Å². The first-order valence-electron chi connectivity index (χ1n) is 7.48. The molecule has 0 aromatic rings. The highest BCUT2D eigenvalue weighted by Gasteiger charge is 2.29. The molecule has 0 aromatic heterocycles. The van der Waals surface area contributed by atoms with Crippen LogP contribution in [0.5, 0.6) is 0 Å². The lowest BCUT2D eigenvalue weighted by atomic mass is 9.90. The summed E-state index contributed by atoms with van der Waals surface area (Å²) in [6.45, 7) is 12.4. The van der Waals surface area contributed by atoms with E-state index in [1.807, 2.05) is 34.7 Å². The second kappa shape index (κ2) is 6.71. The molecule has 0 radical (unpaired) electrons. The quantitative estimate of drug-likeness (QED) is 0.815. The van der Waals surface area contributed by atoms with Gasteiger partial charge < -0.3 is 10.6 Å². The number of amides is 1. The second-order valence-corrected chi connectivity index (χ2v) is 6.87. The van der Waals surface area contributed by atoms with Crippen LogP contribution in [0.3, 0.4) is 0 Å². The van der Waals surface area contributed by atoms with E-state index in [0.717, 1.165) is 19.0 Å². The molecule has 2 N–H and O–H groups in total. The van der Waals surface area contributed by atoms with Crippen LogP contribution >= 0.6 is 0 Å². The van der Waals surface area contributed by atoms with Crippen LogP contribution in [-0.2, 0) is 4.79 Å². The molecule has 1 aliphatic rings. The summed E-state index contributed by atoms with van der Waals surface area (Å²) in [5.74, 6) is 0.881. The van der Waals surface area contributed by atoms with E-state index in [4.69, 9.17) is 0 Å². The molecule has 1 fully saturated rings. The molecule has 2 unspecified atom stereocenters. The summed E-state index contributed by atoms with van der Waals surface area (Å²) in [7, 11) is 2.02. The molecule has 4 heteroatoms. The van der Waals surface area contributed by atoms with E-state index in [9.17, 15) is 4.79 Å². The van der Waals surface area contributed by atoms with Crippen molar-refractivity contribution in [2.45, 2.75) is 65.1 Å². The lowest BCUT2D eigenvalue weighted by Crippen LogP contribution is -2.53. The zero-order chi connectivity index (χ0) is 14.6. The summed E-state index contributed by atoms with van der Waals surface area (Å²) in [6, 6.07) is 0.547. The monoisotopic (exact) mass is 269 g/mol. The van der Waals surface area contributed by atoms with E-state index in [1.54, 1.807) is 0 Å². The zero-order valence-corrected chi connectivity index (χ0v) is 13.4. The number of hydrogen-bond donors (Lipinski definition) is 2. The molecule has 19 heavy (non-hydrogen) atoms. The summed E-state index contributed by atoms with van der Waals surface area (Å²) in [6.07, 6.45) is 2.35. The molecule has 1 rings (SSSR count). The maximum absolute atomic E-state index is 12.2. The van der Waals surface area contributed by atoms with Gasteiger partial charge in [-0.1, -0.05) is 0 Å². The first kappa shape index (κ1) is 16.4. The minimum Gasteiger partial charge on any atom is -0.350 e. The molecule has 0 bridgehead atoms. The number of carbonyl (C=O) groups excluding carboxylic acids is 1. The highest BCUT2D eigenvalue weighted by Crippen LogP contribution is 2.22. The predicted molar refractivity (Wildman–Crippen MR) is 80.2 cm³/mol. The van der Waals surface area contributed by atoms with E-state index < -0.39 is 0 Å². The third-order valence-corrected chi connectivity index (χ3v) is 4.16. The van der Waals surface area contributed by atoms with Crippen LogP contribution < -0.4 is 10.6 Å². The van der Waals surface area contributed by atoms with Crippen molar-refractivity contribution in [3.63, 3.8) is 0 Å². The number of likely N-dealkylation sites (tertiary alicyclic amines) is 1. The topological polar surface area (TPSA) is 44.4 Å². The Morgan fingerprint density at radius 1 is 1.21 bits per heavy atom. The fraction of sp³-hybridized carbons (Fsp3) is 0.933. The van der Waals surface area contributed by atoms with Crippen LogP contribution in [-0.4, -0.2) is 48.6 Å². The van der Waals surface area contributed by atoms with Gasteiger partial charge in [0.1, 0.15) is 0 Å². The predicted octanol–water partition coefficient (Wildman–Crippen LogP) is 1.61. The van der Waals surface area contributed by atoms with Gasteiger partial charge in [0.15, 0.2) is 0 Å². The molecule has 0 aliphatic carbocycles. The minimum atomic E-state index is -0.149. The van der Waals surface area contributed by atoms with Crippen LogP contribution in [0.4, 0.5) is 0 Å². The summed E-state index contributed by atoms with van der Waals surface area (Å²) >= 11 is 0. The van der Waals surface area contributed by atoms with E-state index in [1.165, 1.54) is 12.8 Å². The third kappa shape index (κ3) is 5.11. The van der Waals surface area contributed by atoms with Crippen molar-refractivity contribution >= 4 is 5.91 Å². The SMILES string of the molecule is CNC(C)C1CCN(C(C)C(=O)NC(C)(C)C)CC1. The molecule has 2 atom stereocenters.